The van der Waals surface area contributed by atoms with Crippen molar-refractivity contribution in [3.63, 3.8) is 0 Å². The molecule has 1 aliphatic heterocycles. The number of amides is 1. The molecule has 0 spiro atoms. The van der Waals surface area contributed by atoms with Crippen LogP contribution < -0.4 is 5.32 Å². The number of hydrogen-bond donors (Lipinski definition) is 1. The second-order valence-electron chi connectivity index (χ2n) is 5.60. The molecule has 1 aromatic rings. The van der Waals surface area contributed by atoms with Crippen molar-refractivity contribution in [2.45, 2.75) is 32.4 Å². The summed E-state index contributed by atoms with van der Waals surface area (Å²) in [6.45, 7) is 3.54. The Balaban J connectivity index is 2.00. The molecular formula is C15H23N3O2. The summed E-state index contributed by atoms with van der Waals surface area (Å²) in [6.07, 6.45) is 3.53. The first-order valence-corrected chi connectivity index (χ1v) is 7.08. The molecule has 2 rings (SSSR count). The van der Waals surface area contributed by atoms with E-state index in [9.17, 15) is 4.79 Å². The first-order chi connectivity index (χ1) is 9.56. The molecular weight excluding hydrogens is 254 g/mol. The highest BCUT2D eigenvalue weighted by Gasteiger charge is 2.28. The van der Waals surface area contributed by atoms with Crippen LogP contribution in [0.25, 0.3) is 0 Å². The molecule has 5 heteroatoms. The van der Waals surface area contributed by atoms with Crippen molar-refractivity contribution in [1.29, 1.82) is 0 Å². The summed E-state index contributed by atoms with van der Waals surface area (Å²) in [5, 5.41) is 2.91. The predicted octanol–water partition coefficient (Wildman–Crippen LogP) is 1.90. The summed E-state index contributed by atoms with van der Waals surface area (Å²) in [7, 11) is 4.03. The summed E-state index contributed by atoms with van der Waals surface area (Å²) in [6, 6.07) is 3.88. The van der Waals surface area contributed by atoms with Crippen molar-refractivity contribution in [2.75, 3.05) is 26.0 Å². The van der Waals surface area contributed by atoms with Crippen molar-refractivity contribution >= 4 is 11.7 Å². The molecule has 1 amide bonds. The van der Waals surface area contributed by atoms with E-state index >= 15 is 0 Å². The molecule has 20 heavy (non-hydrogen) atoms. The molecule has 1 saturated heterocycles. The third-order valence-electron chi connectivity index (χ3n) is 3.52. The summed E-state index contributed by atoms with van der Waals surface area (Å²) in [4.78, 5) is 18.6. The predicted molar refractivity (Wildman–Crippen MR) is 78.4 cm³/mol. The summed E-state index contributed by atoms with van der Waals surface area (Å²) in [5.74, 6) is 0.543. The van der Waals surface area contributed by atoms with E-state index in [0.29, 0.717) is 5.82 Å². The highest BCUT2D eigenvalue weighted by Crippen LogP contribution is 2.22. The van der Waals surface area contributed by atoms with Crippen molar-refractivity contribution in [2.24, 2.45) is 5.92 Å². The van der Waals surface area contributed by atoms with E-state index in [4.69, 9.17) is 4.74 Å². The molecule has 1 N–H and O–H groups in total. The van der Waals surface area contributed by atoms with E-state index < -0.39 is 0 Å². The Kier molecular flexibility index (Phi) is 5.09. The molecule has 1 aliphatic rings. The molecule has 2 atom stereocenters. The quantitative estimate of drug-likeness (QED) is 0.913. The number of carbonyl (C=O) groups is 1. The maximum absolute atomic E-state index is 12.3. The third kappa shape index (κ3) is 4.02. The number of carbonyl (C=O) groups excluding carboxylic acids is 1. The summed E-state index contributed by atoms with van der Waals surface area (Å²) >= 11 is 0. The molecule has 0 aromatic carbocycles. The van der Waals surface area contributed by atoms with Gasteiger partial charge in [0.1, 0.15) is 5.82 Å². The van der Waals surface area contributed by atoms with Crippen molar-refractivity contribution in [3.8, 4) is 0 Å². The highest BCUT2D eigenvalue weighted by molar-refractivity contribution is 5.92. The number of pyridine rings is 1. The smallest absolute Gasteiger partial charge is 0.231 e. The topological polar surface area (TPSA) is 54.5 Å². The van der Waals surface area contributed by atoms with Gasteiger partial charge in [0.25, 0.3) is 0 Å². The Bertz CT molecular complexity index is 462. The van der Waals surface area contributed by atoms with Gasteiger partial charge >= 0.3 is 0 Å². The van der Waals surface area contributed by atoms with Gasteiger partial charge in [-0.25, -0.2) is 4.98 Å². The van der Waals surface area contributed by atoms with Gasteiger partial charge < -0.3 is 15.0 Å². The minimum atomic E-state index is -0.0805. The Labute approximate surface area is 120 Å². The lowest BCUT2D eigenvalue weighted by Crippen LogP contribution is -2.36. The minimum Gasteiger partial charge on any atom is -0.378 e. The average molecular weight is 277 g/mol. The first kappa shape index (κ1) is 14.9. The fourth-order valence-corrected chi connectivity index (χ4v) is 2.49. The van der Waals surface area contributed by atoms with Crippen molar-refractivity contribution < 1.29 is 9.53 Å². The van der Waals surface area contributed by atoms with Crippen LogP contribution in [0.5, 0.6) is 0 Å². The first-order valence-electron chi connectivity index (χ1n) is 7.08. The normalized spacial score (nSPS) is 22.8. The van der Waals surface area contributed by atoms with E-state index in [1.807, 2.05) is 33.2 Å². The minimum absolute atomic E-state index is 0.00621. The fourth-order valence-electron chi connectivity index (χ4n) is 2.49. The molecule has 2 unspecified atom stereocenters. The highest BCUT2D eigenvalue weighted by atomic mass is 16.5. The lowest BCUT2D eigenvalue weighted by atomic mass is 9.94. The zero-order chi connectivity index (χ0) is 14.5. The van der Waals surface area contributed by atoms with Crippen LogP contribution in [-0.2, 0) is 16.1 Å². The van der Waals surface area contributed by atoms with Crippen molar-refractivity contribution in [1.82, 2.24) is 9.88 Å². The monoisotopic (exact) mass is 277 g/mol. The second-order valence-corrected chi connectivity index (χ2v) is 5.60. The standard InChI is InChI=1S/C15H23N3O2/c1-11-13(5-4-8-20-11)15(19)17-14-9-12(6-7-16-14)10-18(2)3/h6-7,9,11,13H,4-5,8,10H2,1-3H3,(H,16,17,19). The van der Waals surface area contributed by atoms with Gasteiger partial charge in [0.15, 0.2) is 0 Å². The van der Waals surface area contributed by atoms with Gasteiger partial charge in [-0.3, -0.25) is 4.79 Å². The van der Waals surface area contributed by atoms with Gasteiger partial charge in [-0.2, -0.15) is 0 Å². The van der Waals surface area contributed by atoms with Gasteiger partial charge in [0.2, 0.25) is 5.91 Å². The summed E-state index contributed by atoms with van der Waals surface area (Å²) < 4.78 is 5.54. The Morgan fingerprint density at radius 3 is 3.05 bits per heavy atom. The van der Waals surface area contributed by atoms with E-state index in [1.165, 1.54) is 0 Å². The molecule has 0 saturated carbocycles. The van der Waals surface area contributed by atoms with Crippen LogP contribution in [0.3, 0.4) is 0 Å². The van der Waals surface area contributed by atoms with Gasteiger partial charge in [-0.15, -0.1) is 0 Å². The lowest BCUT2D eigenvalue weighted by molar-refractivity contribution is -0.127. The molecule has 0 aliphatic carbocycles. The van der Waals surface area contributed by atoms with E-state index in [0.717, 1.165) is 31.6 Å². The number of anilines is 1. The Hall–Kier alpha value is -1.46. The second kappa shape index (κ2) is 6.81. The van der Waals surface area contributed by atoms with Crippen LogP contribution in [0.4, 0.5) is 5.82 Å². The number of hydrogen-bond acceptors (Lipinski definition) is 4. The third-order valence-corrected chi connectivity index (χ3v) is 3.52. The molecule has 5 nitrogen and oxygen atoms in total. The number of nitrogens with one attached hydrogen (secondary N) is 1. The molecule has 1 fully saturated rings. The van der Waals surface area contributed by atoms with Gasteiger partial charge in [-0.1, -0.05) is 0 Å². The van der Waals surface area contributed by atoms with Gasteiger partial charge in [0.05, 0.1) is 12.0 Å². The van der Waals surface area contributed by atoms with Crippen LogP contribution in [-0.4, -0.2) is 42.6 Å². The fraction of sp³-hybridized carbons (Fsp3) is 0.600. The molecule has 2 heterocycles. The van der Waals surface area contributed by atoms with E-state index in [1.54, 1.807) is 6.20 Å². The molecule has 110 valence electrons. The SMILES string of the molecule is CC1OCCCC1C(=O)Nc1cc(CN(C)C)ccn1. The zero-order valence-corrected chi connectivity index (χ0v) is 12.4. The van der Waals surface area contributed by atoms with Crippen molar-refractivity contribution in [3.05, 3.63) is 23.9 Å². The molecule has 0 bridgehead atoms. The van der Waals surface area contributed by atoms with Crippen LogP contribution in [0.15, 0.2) is 18.3 Å². The maximum Gasteiger partial charge on any atom is 0.231 e. The van der Waals surface area contributed by atoms with Gasteiger partial charge in [0, 0.05) is 19.3 Å². The zero-order valence-electron chi connectivity index (χ0n) is 12.4. The number of aromatic nitrogens is 1. The average Bonchev–Trinajstić information content (AvgIpc) is 2.38. The van der Waals surface area contributed by atoms with Crippen LogP contribution in [0.1, 0.15) is 25.3 Å². The largest absolute Gasteiger partial charge is 0.378 e. The number of ether oxygens (including phenoxy) is 1. The number of nitrogens with zero attached hydrogens (tertiary/aromatic N) is 2. The van der Waals surface area contributed by atoms with E-state index in [-0.39, 0.29) is 17.9 Å². The van der Waals surface area contributed by atoms with Crippen LogP contribution in [0.2, 0.25) is 0 Å². The number of rotatable bonds is 4. The molecule has 1 aromatic heterocycles. The summed E-state index contributed by atoms with van der Waals surface area (Å²) in [5.41, 5.74) is 1.13. The Morgan fingerprint density at radius 1 is 1.55 bits per heavy atom. The van der Waals surface area contributed by atoms with Crippen LogP contribution >= 0.6 is 0 Å². The molecule has 0 radical (unpaired) electrons. The van der Waals surface area contributed by atoms with Gasteiger partial charge in [-0.05, 0) is 51.6 Å². The van der Waals surface area contributed by atoms with E-state index in [2.05, 4.69) is 15.2 Å². The lowest BCUT2D eigenvalue weighted by Gasteiger charge is -2.27. The Morgan fingerprint density at radius 2 is 2.35 bits per heavy atom. The maximum atomic E-state index is 12.3. The van der Waals surface area contributed by atoms with Crippen LogP contribution in [0, 0.1) is 5.92 Å².